The van der Waals surface area contributed by atoms with Crippen LogP contribution in [-0.4, -0.2) is 34.9 Å². The summed E-state index contributed by atoms with van der Waals surface area (Å²) >= 11 is 1.69. The molecule has 2 N–H and O–H groups in total. The van der Waals surface area contributed by atoms with E-state index < -0.39 is 0 Å². The molecule has 0 aliphatic carbocycles. The zero-order chi connectivity index (χ0) is 19.4. The molecule has 6 aromatic rings. The quantitative estimate of drug-likeness (QED) is 0.456. The van der Waals surface area contributed by atoms with Gasteiger partial charge in [-0.15, -0.1) is 11.3 Å². The average molecular weight is 397 g/mol. The summed E-state index contributed by atoms with van der Waals surface area (Å²) in [5, 5.41) is 15.0. The number of rotatable bonds is 3. The molecule has 0 unspecified atom stereocenters. The zero-order valence-corrected chi connectivity index (χ0v) is 16.2. The van der Waals surface area contributed by atoms with E-state index in [9.17, 15) is 0 Å². The highest BCUT2D eigenvalue weighted by atomic mass is 32.1. The first-order valence-electron chi connectivity index (χ1n) is 9.12. The van der Waals surface area contributed by atoms with E-state index in [1.54, 1.807) is 16.0 Å². The number of benzene rings is 1. The molecule has 140 valence electrons. The van der Waals surface area contributed by atoms with E-state index in [1.165, 1.54) is 4.88 Å². The molecule has 0 spiro atoms. The Labute approximate surface area is 169 Å². The van der Waals surface area contributed by atoms with Crippen LogP contribution in [0.2, 0.25) is 0 Å². The number of thiophene rings is 1. The summed E-state index contributed by atoms with van der Waals surface area (Å²) in [5.74, 6) is 0.700. The molecule has 8 heteroatoms. The molecule has 29 heavy (non-hydrogen) atoms. The van der Waals surface area contributed by atoms with Crippen LogP contribution < -0.4 is 0 Å². The van der Waals surface area contributed by atoms with Crippen LogP contribution in [0.3, 0.4) is 0 Å². The fourth-order valence-corrected chi connectivity index (χ4v) is 4.35. The van der Waals surface area contributed by atoms with Crippen molar-refractivity contribution in [2.45, 2.75) is 0 Å². The number of nitrogens with one attached hydrogen (secondary N) is 2. The second-order valence-electron chi connectivity index (χ2n) is 6.85. The van der Waals surface area contributed by atoms with Crippen LogP contribution in [0.25, 0.3) is 55.2 Å². The third-order valence-electron chi connectivity index (χ3n) is 5.00. The number of imidazole rings is 1. The van der Waals surface area contributed by atoms with Crippen molar-refractivity contribution in [1.82, 2.24) is 34.9 Å². The largest absolute Gasteiger partial charge is 0.321 e. The molecule has 0 aliphatic rings. The molecular formula is C21H15N7S. The Hall–Kier alpha value is -3.78. The molecule has 0 saturated carbocycles. The van der Waals surface area contributed by atoms with Crippen molar-refractivity contribution >= 4 is 33.4 Å². The Kier molecular flexibility index (Phi) is 3.41. The number of hydrogen-bond acceptors (Lipinski definition) is 5. The number of hydrogen-bond donors (Lipinski definition) is 2. The number of aromatic amines is 2. The van der Waals surface area contributed by atoms with Gasteiger partial charge in [0.2, 0.25) is 0 Å². The number of aryl methyl sites for hydroxylation is 1. The van der Waals surface area contributed by atoms with Crippen LogP contribution in [0.15, 0.2) is 60.4 Å². The van der Waals surface area contributed by atoms with Gasteiger partial charge in [-0.3, -0.25) is 9.78 Å². The normalized spacial score (nSPS) is 11.6. The number of pyridine rings is 1. The van der Waals surface area contributed by atoms with Crippen LogP contribution in [-0.2, 0) is 7.05 Å². The van der Waals surface area contributed by atoms with Crippen molar-refractivity contribution in [3.8, 4) is 33.1 Å². The summed E-state index contributed by atoms with van der Waals surface area (Å²) < 4.78 is 1.80. The lowest BCUT2D eigenvalue weighted by Crippen LogP contribution is -1.84. The molecule has 0 saturated heterocycles. The smallest absolute Gasteiger partial charge is 0.160 e. The van der Waals surface area contributed by atoms with Gasteiger partial charge >= 0.3 is 0 Å². The van der Waals surface area contributed by atoms with E-state index >= 15 is 0 Å². The summed E-state index contributed by atoms with van der Waals surface area (Å²) in [4.78, 5) is 13.8. The third-order valence-corrected chi connectivity index (χ3v) is 5.90. The van der Waals surface area contributed by atoms with Crippen LogP contribution in [0, 0.1) is 0 Å². The summed E-state index contributed by atoms with van der Waals surface area (Å²) in [6.45, 7) is 0. The highest BCUT2D eigenvalue weighted by Gasteiger charge is 2.16. The van der Waals surface area contributed by atoms with Gasteiger partial charge in [0.1, 0.15) is 11.2 Å². The molecule has 5 heterocycles. The molecule has 0 fully saturated rings. The van der Waals surface area contributed by atoms with E-state index in [4.69, 9.17) is 4.98 Å². The minimum Gasteiger partial charge on any atom is -0.321 e. The second-order valence-corrected chi connectivity index (χ2v) is 7.80. The lowest BCUT2D eigenvalue weighted by atomic mass is 10.1. The topological polar surface area (TPSA) is 88.1 Å². The van der Waals surface area contributed by atoms with Crippen LogP contribution in [0.4, 0.5) is 0 Å². The molecule has 0 radical (unpaired) electrons. The molecule has 0 aliphatic heterocycles. The Morgan fingerprint density at radius 1 is 1.10 bits per heavy atom. The maximum Gasteiger partial charge on any atom is 0.160 e. The first-order chi connectivity index (χ1) is 14.3. The van der Waals surface area contributed by atoms with Gasteiger partial charge in [0.25, 0.3) is 0 Å². The van der Waals surface area contributed by atoms with Gasteiger partial charge in [0, 0.05) is 40.8 Å². The Balaban J connectivity index is 1.53. The van der Waals surface area contributed by atoms with Gasteiger partial charge in [-0.1, -0.05) is 12.1 Å². The lowest BCUT2D eigenvalue weighted by molar-refractivity contribution is 0.768. The van der Waals surface area contributed by atoms with E-state index in [-0.39, 0.29) is 0 Å². The Morgan fingerprint density at radius 2 is 2.07 bits per heavy atom. The van der Waals surface area contributed by atoms with Crippen molar-refractivity contribution in [2.75, 3.05) is 0 Å². The van der Waals surface area contributed by atoms with Crippen molar-refractivity contribution in [3.63, 3.8) is 0 Å². The van der Waals surface area contributed by atoms with Gasteiger partial charge in [0.05, 0.1) is 11.7 Å². The summed E-state index contributed by atoms with van der Waals surface area (Å²) in [7, 11) is 1.91. The molecule has 0 amide bonds. The summed E-state index contributed by atoms with van der Waals surface area (Å²) in [5.41, 5.74) is 6.56. The Morgan fingerprint density at radius 3 is 2.90 bits per heavy atom. The van der Waals surface area contributed by atoms with Crippen LogP contribution in [0.5, 0.6) is 0 Å². The van der Waals surface area contributed by atoms with E-state index in [2.05, 4.69) is 48.8 Å². The monoisotopic (exact) mass is 397 g/mol. The second kappa shape index (κ2) is 6.11. The first-order valence-corrected chi connectivity index (χ1v) is 10.0. The maximum absolute atomic E-state index is 4.86. The highest BCUT2D eigenvalue weighted by molar-refractivity contribution is 7.13. The predicted molar refractivity (Wildman–Crippen MR) is 114 cm³/mol. The number of H-pyrrole nitrogens is 2. The predicted octanol–water partition coefficient (Wildman–Crippen LogP) is 4.63. The number of aromatic nitrogens is 7. The molecule has 0 bridgehead atoms. The fraction of sp³-hybridized carbons (Fsp3) is 0.0476. The molecule has 1 aromatic carbocycles. The van der Waals surface area contributed by atoms with Crippen molar-refractivity contribution in [3.05, 3.63) is 60.4 Å². The lowest BCUT2D eigenvalue weighted by Gasteiger charge is -1.98. The van der Waals surface area contributed by atoms with Crippen molar-refractivity contribution in [2.24, 2.45) is 7.05 Å². The minimum atomic E-state index is 0.700. The van der Waals surface area contributed by atoms with E-state index in [0.717, 1.165) is 44.5 Å². The Bertz CT molecular complexity index is 1470. The van der Waals surface area contributed by atoms with Gasteiger partial charge < -0.3 is 4.98 Å². The SMILES string of the molecule is Cn1cc(-c2ccc3[nH]nc(-c4nc5c(-c6cccs6)ccnc5[nH]4)c3c2)cn1. The maximum atomic E-state index is 4.86. The van der Waals surface area contributed by atoms with E-state index in [0.29, 0.717) is 5.82 Å². The minimum absolute atomic E-state index is 0.700. The number of nitrogens with zero attached hydrogens (tertiary/aromatic N) is 5. The summed E-state index contributed by atoms with van der Waals surface area (Å²) in [6, 6.07) is 12.4. The summed E-state index contributed by atoms with van der Waals surface area (Å²) in [6.07, 6.45) is 5.67. The van der Waals surface area contributed by atoms with Gasteiger partial charge in [-0.05, 0) is 35.2 Å². The molecule has 5 aromatic heterocycles. The molecule has 0 atom stereocenters. The molecular weight excluding hydrogens is 382 g/mol. The first kappa shape index (κ1) is 16.2. The highest BCUT2D eigenvalue weighted by Crippen LogP contribution is 2.33. The van der Waals surface area contributed by atoms with Crippen LogP contribution in [0.1, 0.15) is 0 Å². The third kappa shape index (κ3) is 2.57. The molecule has 6 rings (SSSR count). The van der Waals surface area contributed by atoms with Gasteiger partial charge in [-0.2, -0.15) is 10.2 Å². The fourth-order valence-electron chi connectivity index (χ4n) is 3.60. The van der Waals surface area contributed by atoms with Gasteiger partial charge in [0.15, 0.2) is 11.5 Å². The van der Waals surface area contributed by atoms with Crippen molar-refractivity contribution in [1.29, 1.82) is 0 Å². The van der Waals surface area contributed by atoms with Crippen LogP contribution >= 0.6 is 11.3 Å². The molecule has 7 nitrogen and oxygen atoms in total. The van der Waals surface area contributed by atoms with Gasteiger partial charge in [-0.25, -0.2) is 9.97 Å². The standard InChI is InChI=1S/C21H15N7S/c1-28-11-13(10-23-28)12-4-5-16-15(9-12)19(27-26-16)21-24-18-14(17-3-2-8-29-17)6-7-22-20(18)25-21/h2-11H,1H3,(H,26,27)(H,22,24,25). The number of fused-ring (bicyclic) bond motifs is 2. The van der Waals surface area contributed by atoms with Crippen molar-refractivity contribution < 1.29 is 0 Å². The average Bonchev–Trinajstić information content (AvgIpc) is 3.51. The van der Waals surface area contributed by atoms with E-state index in [1.807, 2.05) is 43.8 Å². The zero-order valence-electron chi connectivity index (χ0n) is 15.4.